The van der Waals surface area contributed by atoms with E-state index in [0.717, 1.165) is 20.9 Å². The monoisotopic (exact) mass is 193 g/mol. The molecule has 0 aromatic carbocycles. The molecule has 13 heavy (non-hydrogen) atoms. The summed E-state index contributed by atoms with van der Waals surface area (Å²) in [7, 11) is 0. The van der Waals surface area contributed by atoms with Crippen LogP contribution in [0.1, 0.15) is 30.7 Å². The van der Waals surface area contributed by atoms with Gasteiger partial charge in [-0.25, -0.2) is 0 Å². The van der Waals surface area contributed by atoms with E-state index in [1.807, 2.05) is 13.1 Å². The van der Waals surface area contributed by atoms with Crippen LogP contribution >= 0.6 is 0 Å². The van der Waals surface area contributed by atoms with E-state index in [0.29, 0.717) is 0 Å². The van der Waals surface area contributed by atoms with E-state index in [1.54, 1.807) is 0 Å². The van der Waals surface area contributed by atoms with Crippen molar-refractivity contribution in [2.45, 2.75) is 45.2 Å². The molecular formula is C11H20AlN. The van der Waals surface area contributed by atoms with Gasteiger partial charge in [-0.05, 0) is 13.8 Å². The molecule has 72 valence electrons. The fourth-order valence-electron chi connectivity index (χ4n) is 0.961. The molecule has 0 aliphatic rings. The molecule has 0 aliphatic heterocycles. The Bertz CT molecular complexity index is 206. The number of nitrogens with zero attached hydrogens (tertiary/aromatic N) is 1. The molecule has 1 aromatic rings. The second-order valence-electron chi connectivity index (χ2n) is 3.26. The van der Waals surface area contributed by atoms with Gasteiger partial charge in [0, 0.05) is 0 Å². The molecule has 1 aromatic heterocycles. The zero-order valence-electron chi connectivity index (χ0n) is 9.52. The minimum Gasteiger partial charge on any atom is -0.667 e. The van der Waals surface area contributed by atoms with Crippen LogP contribution in [0.5, 0.6) is 0 Å². The molecule has 0 aliphatic carbocycles. The van der Waals surface area contributed by atoms with Gasteiger partial charge in [-0.1, -0.05) is 18.1 Å². The minimum absolute atomic E-state index is 0.815. The fourth-order valence-corrected chi connectivity index (χ4v) is 1.54. The van der Waals surface area contributed by atoms with E-state index in [9.17, 15) is 0 Å². The van der Waals surface area contributed by atoms with Crippen LogP contribution in [0.25, 0.3) is 0 Å². The van der Waals surface area contributed by atoms with E-state index in [1.165, 1.54) is 21.7 Å². The van der Waals surface area contributed by atoms with E-state index in [2.05, 4.69) is 32.7 Å². The van der Waals surface area contributed by atoms with Crippen molar-refractivity contribution in [2.75, 3.05) is 0 Å². The van der Waals surface area contributed by atoms with Gasteiger partial charge in [0.2, 0.25) is 0 Å². The Morgan fingerprint density at radius 3 is 1.77 bits per heavy atom. The third-order valence-electron chi connectivity index (χ3n) is 2.16. The second-order valence-corrected chi connectivity index (χ2v) is 5.47. The van der Waals surface area contributed by atoms with E-state index in [4.69, 9.17) is 0 Å². The Balaban J connectivity index is 0.000000252. The molecule has 0 amide bonds. The molecule has 0 atom stereocenters. The Morgan fingerprint density at radius 1 is 1.15 bits per heavy atom. The molecule has 0 fully saturated rings. The summed E-state index contributed by atoms with van der Waals surface area (Å²) in [6, 6.07) is 0. The molecule has 0 unspecified atom stereocenters. The van der Waals surface area contributed by atoms with Crippen molar-refractivity contribution >= 4 is 15.2 Å². The summed E-state index contributed by atoms with van der Waals surface area (Å²) in [5, 5.41) is 2.85. The largest absolute Gasteiger partial charge is 0.667 e. The summed E-state index contributed by atoms with van der Waals surface area (Å²) in [5.41, 5.74) is 3.77. The smallest absolute Gasteiger partial charge is 0.0411 e. The normalized spacial score (nSPS) is 8.69. The maximum Gasteiger partial charge on any atom is -0.0411 e. The molecular weight excluding hydrogens is 173 g/mol. The number of rotatable bonds is 2. The third kappa shape index (κ3) is 5.18. The number of hydrogen-bond donors (Lipinski definition) is 0. The molecule has 0 radical (unpaired) electrons. The third-order valence-corrected chi connectivity index (χ3v) is 3.32. The molecule has 0 bridgehead atoms. The molecule has 0 saturated heterocycles. The molecule has 0 N–H and O–H groups in total. The van der Waals surface area contributed by atoms with E-state index >= 15 is 0 Å². The molecule has 1 rings (SSSR count). The first-order valence-electron chi connectivity index (χ1n) is 5.00. The van der Waals surface area contributed by atoms with Crippen LogP contribution in [-0.4, -0.2) is 15.2 Å². The zero-order chi connectivity index (χ0) is 10.3. The Labute approximate surface area is 88.7 Å². The molecule has 0 spiro atoms. The predicted molar refractivity (Wildman–Crippen MR) is 60.7 cm³/mol. The van der Waals surface area contributed by atoms with Crippen molar-refractivity contribution in [3.8, 4) is 0 Å². The number of aromatic nitrogens is 1. The van der Waals surface area contributed by atoms with Crippen LogP contribution < -0.4 is 4.98 Å². The van der Waals surface area contributed by atoms with Crippen LogP contribution in [-0.2, 0) is 0 Å². The molecule has 1 nitrogen and oxygen atoms in total. The van der Waals surface area contributed by atoms with Gasteiger partial charge in [0.25, 0.3) is 0 Å². The molecule has 1 heterocycles. The van der Waals surface area contributed by atoms with Gasteiger partial charge in [-0.2, -0.15) is 11.9 Å². The summed E-state index contributed by atoms with van der Waals surface area (Å²) in [5.74, 6) is 0. The van der Waals surface area contributed by atoms with Crippen LogP contribution in [0.2, 0.25) is 10.6 Å². The number of aryl methyl sites for hydroxylation is 2. The maximum atomic E-state index is 4.12. The van der Waals surface area contributed by atoms with E-state index in [-0.39, 0.29) is 0 Å². The van der Waals surface area contributed by atoms with Crippen LogP contribution in [0.15, 0.2) is 6.20 Å². The molecule has 0 saturated carbocycles. The second kappa shape index (κ2) is 7.24. The van der Waals surface area contributed by atoms with Gasteiger partial charge in [0.15, 0.2) is 0 Å². The minimum atomic E-state index is 0.815. The van der Waals surface area contributed by atoms with Crippen molar-refractivity contribution in [1.29, 1.82) is 0 Å². The number of hydrogen-bond acceptors (Lipinski definition) is 0. The van der Waals surface area contributed by atoms with Gasteiger partial charge in [0.1, 0.15) is 0 Å². The first-order chi connectivity index (χ1) is 6.13. The zero-order valence-corrected chi connectivity index (χ0v) is 10.7. The average molecular weight is 193 g/mol. The van der Waals surface area contributed by atoms with Gasteiger partial charge in [-0.3, -0.25) is 0 Å². The van der Waals surface area contributed by atoms with Crippen LogP contribution in [0, 0.1) is 20.8 Å². The molecule has 2 heteroatoms. The van der Waals surface area contributed by atoms with Crippen molar-refractivity contribution < 1.29 is 0 Å². The Hall–Kier alpha value is -0.188. The quantitative estimate of drug-likeness (QED) is 0.658. The van der Waals surface area contributed by atoms with Crippen molar-refractivity contribution in [2.24, 2.45) is 0 Å². The van der Waals surface area contributed by atoms with Gasteiger partial charge in [0.05, 0.1) is 0 Å². The van der Waals surface area contributed by atoms with Gasteiger partial charge >= 0.3 is 39.6 Å². The summed E-state index contributed by atoms with van der Waals surface area (Å²) in [6.45, 7) is 10.7. The van der Waals surface area contributed by atoms with Crippen LogP contribution in [0.4, 0.5) is 0 Å². The van der Waals surface area contributed by atoms with Crippen LogP contribution in [0.3, 0.4) is 0 Å². The van der Waals surface area contributed by atoms with Crippen molar-refractivity contribution in [3.05, 3.63) is 23.0 Å². The average Bonchev–Trinajstić information content (AvgIpc) is 2.39. The van der Waals surface area contributed by atoms with Gasteiger partial charge in [-0.15, -0.1) is 0 Å². The summed E-state index contributed by atoms with van der Waals surface area (Å²) >= 11 is 0.815. The Morgan fingerprint density at radius 2 is 1.69 bits per heavy atom. The maximum absolute atomic E-state index is 4.12. The van der Waals surface area contributed by atoms with E-state index < -0.39 is 0 Å². The standard InChI is InChI=1S/C7H10N.2C2H5.Al/c1-5-4-8-7(3)6(5)2;2*1-2;/h4H,1-3H3;2*1H2,2H3;/q-1;;;+1. The topological polar surface area (TPSA) is 14.1 Å². The van der Waals surface area contributed by atoms with Crippen molar-refractivity contribution in [3.63, 3.8) is 0 Å². The summed E-state index contributed by atoms with van der Waals surface area (Å²) < 4.78 is 0. The fraction of sp³-hybridized carbons (Fsp3) is 0.636. The first-order valence-corrected chi connectivity index (χ1v) is 6.63. The SMILES string of the molecule is C[CH2][Al+][CH2]C.Cc1c[n-]c(C)c1C. The first kappa shape index (κ1) is 12.8. The Kier molecular flexibility index (Phi) is 7.13. The summed E-state index contributed by atoms with van der Waals surface area (Å²) in [6.07, 6.45) is 1.91. The summed E-state index contributed by atoms with van der Waals surface area (Å²) in [4.78, 5) is 4.12. The predicted octanol–water partition coefficient (Wildman–Crippen LogP) is 3.14. The van der Waals surface area contributed by atoms with Gasteiger partial charge < -0.3 is 4.98 Å². The van der Waals surface area contributed by atoms with Crippen molar-refractivity contribution in [1.82, 2.24) is 4.98 Å².